The first-order valence-corrected chi connectivity index (χ1v) is 7.37. The van der Waals surface area contributed by atoms with Crippen molar-refractivity contribution in [2.75, 3.05) is 27.2 Å². The molecule has 0 radical (unpaired) electrons. The van der Waals surface area contributed by atoms with Gasteiger partial charge in [-0.05, 0) is 39.8 Å². The first kappa shape index (κ1) is 12.3. The Labute approximate surface area is 98.0 Å². The zero-order valence-electron chi connectivity index (χ0n) is 10.0. The number of piperidine rings is 1. The predicted octanol–water partition coefficient (Wildman–Crippen LogP) is 0.00920. The summed E-state index contributed by atoms with van der Waals surface area (Å²) in [4.78, 5) is 2.18. The highest BCUT2D eigenvalue weighted by atomic mass is 32.2. The molecule has 0 atom stereocenters. The fourth-order valence-electron chi connectivity index (χ4n) is 2.09. The zero-order chi connectivity index (χ0) is 11.8. The first-order valence-electron chi connectivity index (χ1n) is 5.93. The molecule has 1 saturated heterocycles. The summed E-state index contributed by atoms with van der Waals surface area (Å²) in [5.74, 6) is 0. The minimum atomic E-state index is -3.20. The molecule has 0 aromatic heterocycles. The summed E-state index contributed by atoms with van der Waals surface area (Å²) in [5.41, 5.74) is 0. The van der Waals surface area contributed by atoms with Crippen molar-refractivity contribution in [3.05, 3.63) is 0 Å². The van der Waals surface area contributed by atoms with E-state index in [1.165, 1.54) is 0 Å². The summed E-state index contributed by atoms with van der Waals surface area (Å²) >= 11 is 0. The lowest BCUT2D eigenvalue weighted by atomic mass is 10.1. The molecule has 1 heterocycles. The van der Waals surface area contributed by atoms with Gasteiger partial charge in [0.25, 0.3) is 10.2 Å². The van der Waals surface area contributed by atoms with Crippen molar-refractivity contribution in [2.45, 2.75) is 37.8 Å². The molecule has 0 bridgehead atoms. The molecule has 2 aliphatic rings. The van der Waals surface area contributed by atoms with Crippen LogP contribution in [0.15, 0.2) is 0 Å². The van der Waals surface area contributed by atoms with Gasteiger partial charge in [0, 0.05) is 25.2 Å². The average molecular weight is 247 g/mol. The minimum Gasteiger partial charge on any atom is -0.306 e. The van der Waals surface area contributed by atoms with E-state index < -0.39 is 10.2 Å². The van der Waals surface area contributed by atoms with Crippen LogP contribution in [0, 0.1) is 0 Å². The zero-order valence-corrected chi connectivity index (χ0v) is 10.8. The summed E-state index contributed by atoms with van der Waals surface area (Å²) in [6, 6.07) is 0.726. The van der Waals surface area contributed by atoms with Crippen LogP contribution < -0.4 is 4.72 Å². The summed E-state index contributed by atoms with van der Waals surface area (Å²) in [6.07, 6.45) is 3.85. The van der Waals surface area contributed by atoms with E-state index in [9.17, 15) is 8.42 Å². The normalized spacial score (nSPS) is 25.2. The Morgan fingerprint density at radius 1 is 1.12 bits per heavy atom. The summed E-state index contributed by atoms with van der Waals surface area (Å²) in [6.45, 7) is 1.29. The molecule has 0 spiro atoms. The van der Waals surface area contributed by atoms with Crippen molar-refractivity contribution in [2.24, 2.45) is 0 Å². The SMILES string of the molecule is CN(C)C1CCN(S(=O)(=O)NC2CC2)CC1. The van der Waals surface area contributed by atoms with Gasteiger partial charge in [-0.3, -0.25) is 0 Å². The van der Waals surface area contributed by atoms with Crippen LogP contribution in [0.3, 0.4) is 0 Å². The smallest absolute Gasteiger partial charge is 0.279 e. The average Bonchev–Trinajstić information content (AvgIpc) is 3.01. The fourth-order valence-corrected chi connectivity index (χ4v) is 3.58. The van der Waals surface area contributed by atoms with E-state index in [0.717, 1.165) is 25.7 Å². The molecule has 2 rings (SSSR count). The number of rotatable bonds is 4. The quantitative estimate of drug-likeness (QED) is 0.761. The van der Waals surface area contributed by atoms with Gasteiger partial charge in [0.2, 0.25) is 0 Å². The third-order valence-corrected chi connectivity index (χ3v) is 5.06. The number of nitrogens with zero attached hydrogens (tertiary/aromatic N) is 2. The highest BCUT2D eigenvalue weighted by Gasteiger charge is 2.33. The molecule has 5 nitrogen and oxygen atoms in total. The van der Waals surface area contributed by atoms with E-state index in [1.54, 1.807) is 4.31 Å². The second-order valence-corrected chi connectivity index (χ2v) is 6.69. The van der Waals surface area contributed by atoms with Gasteiger partial charge in [-0.15, -0.1) is 0 Å². The third-order valence-electron chi connectivity index (χ3n) is 3.39. The monoisotopic (exact) mass is 247 g/mol. The topological polar surface area (TPSA) is 52.7 Å². The molecule has 1 aliphatic heterocycles. The van der Waals surface area contributed by atoms with Gasteiger partial charge in [0.05, 0.1) is 0 Å². The first-order chi connectivity index (χ1) is 7.49. The minimum absolute atomic E-state index is 0.205. The van der Waals surface area contributed by atoms with Gasteiger partial charge in [0.15, 0.2) is 0 Å². The van der Waals surface area contributed by atoms with E-state index in [4.69, 9.17) is 0 Å². The lowest BCUT2D eigenvalue weighted by molar-refractivity contribution is 0.195. The highest BCUT2D eigenvalue weighted by molar-refractivity contribution is 7.87. The Hall–Kier alpha value is -0.170. The molecule has 0 aromatic rings. The van der Waals surface area contributed by atoms with E-state index in [0.29, 0.717) is 19.1 Å². The maximum absolute atomic E-state index is 11.9. The molecule has 0 aromatic carbocycles. The van der Waals surface area contributed by atoms with E-state index in [1.807, 2.05) is 0 Å². The van der Waals surface area contributed by atoms with Crippen LogP contribution >= 0.6 is 0 Å². The molecule has 1 N–H and O–H groups in total. The van der Waals surface area contributed by atoms with Gasteiger partial charge >= 0.3 is 0 Å². The van der Waals surface area contributed by atoms with Crippen molar-refractivity contribution in [3.63, 3.8) is 0 Å². The summed E-state index contributed by atoms with van der Waals surface area (Å²) in [5, 5.41) is 0. The Morgan fingerprint density at radius 3 is 2.12 bits per heavy atom. The Kier molecular flexibility index (Phi) is 3.53. The fraction of sp³-hybridized carbons (Fsp3) is 1.00. The maximum atomic E-state index is 11.9. The van der Waals surface area contributed by atoms with Crippen LogP contribution in [0.4, 0.5) is 0 Å². The molecular weight excluding hydrogens is 226 g/mol. The molecule has 1 saturated carbocycles. The largest absolute Gasteiger partial charge is 0.306 e. The predicted molar refractivity (Wildman–Crippen MR) is 63.4 cm³/mol. The number of hydrogen-bond acceptors (Lipinski definition) is 3. The third kappa shape index (κ3) is 2.94. The molecule has 94 valence electrons. The summed E-state index contributed by atoms with van der Waals surface area (Å²) in [7, 11) is 0.901. The van der Waals surface area contributed by atoms with E-state index in [2.05, 4.69) is 23.7 Å². The molecule has 0 unspecified atom stereocenters. The van der Waals surface area contributed by atoms with E-state index in [-0.39, 0.29) is 6.04 Å². The van der Waals surface area contributed by atoms with Gasteiger partial charge in [-0.1, -0.05) is 0 Å². The molecule has 2 fully saturated rings. The highest BCUT2D eigenvalue weighted by Crippen LogP contribution is 2.22. The van der Waals surface area contributed by atoms with E-state index >= 15 is 0 Å². The molecule has 0 amide bonds. The van der Waals surface area contributed by atoms with Gasteiger partial charge in [-0.2, -0.15) is 17.4 Å². The molecule has 1 aliphatic carbocycles. The molecule has 16 heavy (non-hydrogen) atoms. The van der Waals surface area contributed by atoms with Gasteiger partial charge in [-0.25, -0.2) is 0 Å². The maximum Gasteiger partial charge on any atom is 0.279 e. The van der Waals surface area contributed by atoms with Crippen molar-refractivity contribution in [3.8, 4) is 0 Å². The number of hydrogen-bond donors (Lipinski definition) is 1. The number of nitrogens with one attached hydrogen (secondary N) is 1. The standard InChI is InChI=1S/C10H21N3O2S/c1-12(2)10-5-7-13(8-6-10)16(14,15)11-9-3-4-9/h9-11H,3-8H2,1-2H3. The molecular formula is C10H21N3O2S. The van der Waals surface area contributed by atoms with Crippen molar-refractivity contribution in [1.29, 1.82) is 0 Å². The second-order valence-electron chi connectivity index (χ2n) is 4.99. The second kappa shape index (κ2) is 4.60. The van der Waals surface area contributed by atoms with Gasteiger partial charge in [0.1, 0.15) is 0 Å². The Morgan fingerprint density at radius 2 is 1.69 bits per heavy atom. The van der Waals surface area contributed by atoms with Crippen LogP contribution in [0.2, 0.25) is 0 Å². The van der Waals surface area contributed by atoms with Crippen molar-refractivity contribution >= 4 is 10.2 Å². The molecule has 6 heteroatoms. The Bertz CT molecular complexity index is 330. The van der Waals surface area contributed by atoms with Crippen molar-refractivity contribution in [1.82, 2.24) is 13.9 Å². The lowest BCUT2D eigenvalue weighted by Crippen LogP contribution is -2.48. The van der Waals surface area contributed by atoms with Crippen LogP contribution in [-0.2, 0) is 10.2 Å². The Balaban J connectivity index is 1.87. The lowest BCUT2D eigenvalue weighted by Gasteiger charge is -2.34. The van der Waals surface area contributed by atoms with Crippen LogP contribution in [0.25, 0.3) is 0 Å². The van der Waals surface area contributed by atoms with Gasteiger partial charge < -0.3 is 4.90 Å². The van der Waals surface area contributed by atoms with Crippen LogP contribution in [-0.4, -0.2) is 56.9 Å². The summed E-state index contributed by atoms with van der Waals surface area (Å²) < 4.78 is 28.1. The van der Waals surface area contributed by atoms with Crippen LogP contribution in [0.1, 0.15) is 25.7 Å². The van der Waals surface area contributed by atoms with Crippen LogP contribution in [0.5, 0.6) is 0 Å². The van der Waals surface area contributed by atoms with Crippen molar-refractivity contribution < 1.29 is 8.42 Å².